The summed E-state index contributed by atoms with van der Waals surface area (Å²) in [5.41, 5.74) is 2.85. The van der Waals surface area contributed by atoms with E-state index in [-0.39, 0.29) is 11.3 Å². The van der Waals surface area contributed by atoms with Gasteiger partial charge in [0.15, 0.2) is 6.61 Å². The van der Waals surface area contributed by atoms with E-state index in [1.807, 2.05) is 42.5 Å². The summed E-state index contributed by atoms with van der Waals surface area (Å²) in [5, 5.41) is 12.7. The van der Waals surface area contributed by atoms with Gasteiger partial charge in [0.05, 0.1) is 28.0 Å². The van der Waals surface area contributed by atoms with E-state index in [0.29, 0.717) is 27.2 Å². The molecule has 0 atom stereocenters. The predicted octanol–water partition coefficient (Wildman–Crippen LogP) is 5.98. The molecule has 1 amide bonds. The van der Waals surface area contributed by atoms with E-state index < -0.39 is 18.5 Å². The first-order chi connectivity index (χ1) is 15.9. The standard InChI is InChI=1S/C25H15BrClN3O3/c26-17-5-3-4-15(10-17)23-12-20(19-6-1-2-7-21(19)29-23)25(32)33-14-24(31)30-22-11-18(27)9-8-16(22)13-28/h1-12H,14H2,(H,30,31). The largest absolute Gasteiger partial charge is 0.452 e. The lowest BCUT2D eigenvalue weighted by Gasteiger charge is -2.11. The van der Waals surface area contributed by atoms with Crippen LogP contribution in [0.3, 0.4) is 0 Å². The van der Waals surface area contributed by atoms with Gasteiger partial charge >= 0.3 is 5.97 Å². The molecule has 1 N–H and O–H groups in total. The maximum absolute atomic E-state index is 12.9. The Morgan fingerprint density at radius 1 is 1.06 bits per heavy atom. The Kier molecular flexibility index (Phi) is 6.68. The number of nitrogens with one attached hydrogen (secondary N) is 1. The van der Waals surface area contributed by atoms with Gasteiger partial charge in [-0.1, -0.05) is 57.9 Å². The van der Waals surface area contributed by atoms with Crippen molar-refractivity contribution in [3.05, 3.63) is 93.4 Å². The smallest absolute Gasteiger partial charge is 0.339 e. The minimum atomic E-state index is -0.661. The molecule has 3 aromatic carbocycles. The van der Waals surface area contributed by atoms with Crippen LogP contribution in [0.25, 0.3) is 22.2 Å². The summed E-state index contributed by atoms with van der Waals surface area (Å²) in [7, 11) is 0. The number of amides is 1. The normalized spacial score (nSPS) is 10.5. The molecule has 162 valence electrons. The van der Waals surface area contributed by atoms with Crippen molar-refractivity contribution in [2.24, 2.45) is 0 Å². The molecule has 0 aliphatic rings. The number of nitrogens with zero attached hydrogens (tertiary/aromatic N) is 2. The lowest BCUT2D eigenvalue weighted by Crippen LogP contribution is -2.21. The fraction of sp³-hybridized carbons (Fsp3) is 0.0400. The van der Waals surface area contributed by atoms with Crippen molar-refractivity contribution in [1.82, 2.24) is 4.98 Å². The Labute approximate surface area is 202 Å². The molecule has 0 aliphatic heterocycles. The summed E-state index contributed by atoms with van der Waals surface area (Å²) in [6.45, 7) is -0.529. The number of ether oxygens (including phenoxy) is 1. The molecule has 1 aromatic heterocycles. The first-order valence-corrected chi connectivity index (χ1v) is 10.9. The Hall–Kier alpha value is -3.73. The van der Waals surface area contributed by atoms with Crippen molar-refractivity contribution in [3.8, 4) is 17.3 Å². The lowest BCUT2D eigenvalue weighted by molar-refractivity contribution is -0.119. The Morgan fingerprint density at radius 2 is 1.88 bits per heavy atom. The minimum Gasteiger partial charge on any atom is -0.452 e. The van der Waals surface area contributed by atoms with Gasteiger partial charge in [0.2, 0.25) is 0 Å². The van der Waals surface area contributed by atoms with Crippen LogP contribution in [-0.2, 0) is 9.53 Å². The Balaban J connectivity index is 1.57. The van der Waals surface area contributed by atoms with Crippen molar-refractivity contribution in [2.45, 2.75) is 0 Å². The third-order valence-electron chi connectivity index (χ3n) is 4.77. The average Bonchev–Trinajstić information content (AvgIpc) is 2.82. The van der Waals surface area contributed by atoms with Crippen LogP contribution in [-0.4, -0.2) is 23.5 Å². The van der Waals surface area contributed by atoms with Crippen molar-refractivity contribution in [1.29, 1.82) is 5.26 Å². The van der Waals surface area contributed by atoms with E-state index >= 15 is 0 Å². The molecule has 0 saturated heterocycles. The Morgan fingerprint density at radius 3 is 2.67 bits per heavy atom. The average molecular weight is 521 g/mol. The van der Waals surface area contributed by atoms with Crippen LogP contribution in [0.15, 0.2) is 77.3 Å². The Bertz CT molecular complexity index is 1430. The summed E-state index contributed by atoms with van der Waals surface area (Å²) >= 11 is 9.39. The summed E-state index contributed by atoms with van der Waals surface area (Å²) < 4.78 is 6.17. The fourth-order valence-electron chi connectivity index (χ4n) is 3.25. The number of fused-ring (bicyclic) bond motifs is 1. The molecule has 0 bridgehead atoms. The number of esters is 1. The molecular weight excluding hydrogens is 506 g/mol. The lowest BCUT2D eigenvalue weighted by atomic mass is 10.0. The van der Waals surface area contributed by atoms with E-state index in [0.717, 1.165) is 10.0 Å². The first kappa shape index (κ1) is 22.5. The van der Waals surface area contributed by atoms with Gasteiger partial charge in [-0.25, -0.2) is 9.78 Å². The van der Waals surface area contributed by atoms with Gasteiger partial charge in [-0.2, -0.15) is 5.26 Å². The molecule has 4 rings (SSSR count). The van der Waals surface area contributed by atoms with Gasteiger partial charge in [-0.05, 0) is 42.5 Å². The molecule has 0 saturated carbocycles. The van der Waals surface area contributed by atoms with Crippen LogP contribution < -0.4 is 5.32 Å². The van der Waals surface area contributed by atoms with Crippen molar-refractivity contribution >= 4 is 56.0 Å². The number of carbonyl (C=O) groups excluding carboxylic acids is 2. The first-order valence-electron chi connectivity index (χ1n) is 9.77. The molecule has 33 heavy (non-hydrogen) atoms. The molecule has 1 heterocycles. The van der Waals surface area contributed by atoms with E-state index in [9.17, 15) is 14.9 Å². The van der Waals surface area contributed by atoms with Crippen LogP contribution >= 0.6 is 27.5 Å². The minimum absolute atomic E-state index is 0.248. The summed E-state index contributed by atoms with van der Waals surface area (Å²) in [6.07, 6.45) is 0. The quantitative estimate of drug-likeness (QED) is 0.327. The summed E-state index contributed by atoms with van der Waals surface area (Å²) in [5.74, 6) is -1.25. The topological polar surface area (TPSA) is 92.1 Å². The zero-order chi connectivity index (χ0) is 23.4. The number of halogens is 2. The molecule has 0 spiro atoms. The van der Waals surface area contributed by atoms with Crippen LogP contribution in [0.4, 0.5) is 5.69 Å². The molecule has 6 nitrogen and oxygen atoms in total. The molecule has 0 unspecified atom stereocenters. The van der Waals surface area contributed by atoms with Crippen LogP contribution in [0.5, 0.6) is 0 Å². The number of hydrogen-bond donors (Lipinski definition) is 1. The summed E-state index contributed by atoms with van der Waals surface area (Å²) in [4.78, 5) is 29.9. The highest BCUT2D eigenvalue weighted by molar-refractivity contribution is 9.10. The predicted molar refractivity (Wildman–Crippen MR) is 130 cm³/mol. The van der Waals surface area contributed by atoms with Crippen LogP contribution in [0.2, 0.25) is 5.02 Å². The van der Waals surface area contributed by atoms with Gasteiger partial charge < -0.3 is 10.1 Å². The highest BCUT2D eigenvalue weighted by Gasteiger charge is 2.17. The number of pyridine rings is 1. The monoisotopic (exact) mass is 519 g/mol. The van der Waals surface area contributed by atoms with E-state index in [1.54, 1.807) is 24.3 Å². The van der Waals surface area contributed by atoms with E-state index in [1.165, 1.54) is 12.1 Å². The molecule has 4 aromatic rings. The molecule has 0 radical (unpaired) electrons. The number of para-hydroxylation sites is 1. The van der Waals surface area contributed by atoms with Gasteiger partial charge in [0.1, 0.15) is 6.07 Å². The van der Waals surface area contributed by atoms with Crippen molar-refractivity contribution in [3.63, 3.8) is 0 Å². The number of benzene rings is 3. The maximum Gasteiger partial charge on any atom is 0.339 e. The third-order valence-corrected chi connectivity index (χ3v) is 5.50. The number of nitriles is 1. The van der Waals surface area contributed by atoms with E-state index in [2.05, 4.69) is 26.2 Å². The molecule has 0 aliphatic carbocycles. The van der Waals surface area contributed by atoms with E-state index in [4.69, 9.17) is 16.3 Å². The number of aromatic nitrogens is 1. The maximum atomic E-state index is 12.9. The highest BCUT2D eigenvalue weighted by atomic mass is 79.9. The second-order valence-corrected chi connectivity index (χ2v) is 8.36. The third kappa shape index (κ3) is 5.20. The van der Waals surface area contributed by atoms with Crippen molar-refractivity contribution in [2.75, 3.05) is 11.9 Å². The zero-order valence-corrected chi connectivity index (χ0v) is 19.4. The second-order valence-electron chi connectivity index (χ2n) is 7.01. The number of rotatable bonds is 5. The number of carbonyl (C=O) groups is 2. The van der Waals surface area contributed by atoms with Gasteiger partial charge in [0, 0.05) is 20.4 Å². The van der Waals surface area contributed by atoms with Crippen LogP contribution in [0, 0.1) is 11.3 Å². The molecular formula is C25H15BrClN3O3. The van der Waals surface area contributed by atoms with Crippen LogP contribution in [0.1, 0.15) is 15.9 Å². The highest BCUT2D eigenvalue weighted by Crippen LogP contribution is 2.27. The zero-order valence-electron chi connectivity index (χ0n) is 17.0. The fourth-order valence-corrected chi connectivity index (χ4v) is 3.82. The number of hydrogen-bond acceptors (Lipinski definition) is 5. The van der Waals surface area contributed by atoms with Gasteiger partial charge in [0.25, 0.3) is 5.91 Å². The summed E-state index contributed by atoms with van der Waals surface area (Å²) in [6, 6.07) is 22.9. The van der Waals surface area contributed by atoms with Gasteiger partial charge in [-0.15, -0.1) is 0 Å². The van der Waals surface area contributed by atoms with Gasteiger partial charge in [-0.3, -0.25) is 4.79 Å². The molecule has 0 fully saturated rings. The SMILES string of the molecule is N#Cc1ccc(Cl)cc1NC(=O)COC(=O)c1cc(-c2cccc(Br)c2)nc2ccccc12. The molecule has 8 heteroatoms. The second kappa shape index (κ2) is 9.82. The number of anilines is 1. The van der Waals surface area contributed by atoms with Crippen molar-refractivity contribution < 1.29 is 14.3 Å².